The van der Waals surface area contributed by atoms with E-state index in [0.717, 1.165) is 5.69 Å². The van der Waals surface area contributed by atoms with Gasteiger partial charge in [-0.3, -0.25) is 9.59 Å². The van der Waals surface area contributed by atoms with Crippen molar-refractivity contribution in [2.75, 3.05) is 36.4 Å². The number of Topliss-reactive ketones (excluding diaryl/α,β-unsaturated/α-hetero) is 1. The van der Waals surface area contributed by atoms with Crippen LogP contribution in [0, 0.1) is 0 Å². The standard InChI is InChI=1S/C22H25ClN4O3/c1-15(21(29)25-19-7-3-5-17(13-19)16(2)28)24-22(30)27-11-9-26(10-12-27)20-8-4-6-18(23)14-20/h3-8,13-15H,9-12H2,1-2H3,(H,24,30)(H,25,29). The zero-order chi connectivity index (χ0) is 21.7. The highest BCUT2D eigenvalue weighted by atomic mass is 35.5. The molecule has 1 saturated heterocycles. The summed E-state index contributed by atoms with van der Waals surface area (Å²) in [4.78, 5) is 40.3. The van der Waals surface area contributed by atoms with Gasteiger partial charge in [0.25, 0.3) is 0 Å². The maximum atomic E-state index is 12.6. The minimum absolute atomic E-state index is 0.0793. The molecule has 0 bridgehead atoms. The molecule has 2 aromatic rings. The summed E-state index contributed by atoms with van der Waals surface area (Å²) in [5.41, 5.74) is 2.06. The van der Waals surface area contributed by atoms with E-state index >= 15 is 0 Å². The zero-order valence-electron chi connectivity index (χ0n) is 17.0. The Bertz CT molecular complexity index is 941. The number of nitrogens with zero attached hydrogens (tertiary/aromatic N) is 2. The number of nitrogens with one attached hydrogen (secondary N) is 2. The summed E-state index contributed by atoms with van der Waals surface area (Å²) in [5.74, 6) is -0.425. The van der Waals surface area contributed by atoms with E-state index < -0.39 is 6.04 Å². The molecule has 30 heavy (non-hydrogen) atoms. The number of anilines is 2. The normalized spacial score (nSPS) is 14.8. The lowest BCUT2D eigenvalue weighted by molar-refractivity contribution is -0.117. The number of urea groups is 1. The van der Waals surface area contributed by atoms with E-state index in [1.807, 2.05) is 24.3 Å². The molecule has 0 aliphatic carbocycles. The van der Waals surface area contributed by atoms with Crippen molar-refractivity contribution in [3.05, 3.63) is 59.1 Å². The summed E-state index contributed by atoms with van der Waals surface area (Å²) in [6.45, 7) is 5.57. The molecule has 8 heteroatoms. The number of carbonyl (C=O) groups is 3. The molecule has 1 atom stereocenters. The third-order valence-corrected chi connectivity index (χ3v) is 5.25. The molecule has 3 rings (SSSR count). The molecular formula is C22H25ClN4O3. The van der Waals surface area contributed by atoms with Gasteiger partial charge in [0.2, 0.25) is 5.91 Å². The monoisotopic (exact) mass is 428 g/mol. The molecule has 3 amide bonds. The first-order valence-electron chi connectivity index (χ1n) is 9.81. The van der Waals surface area contributed by atoms with Crippen molar-refractivity contribution in [3.8, 4) is 0 Å². The molecule has 2 aromatic carbocycles. The van der Waals surface area contributed by atoms with Crippen molar-refractivity contribution in [1.29, 1.82) is 0 Å². The summed E-state index contributed by atoms with van der Waals surface area (Å²) in [6, 6.07) is 13.4. The quantitative estimate of drug-likeness (QED) is 0.715. The first kappa shape index (κ1) is 21.6. The Labute approximate surface area is 181 Å². The second-order valence-electron chi connectivity index (χ2n) is 7.25. The third-order valence-electron chi connectivity index (χ3n) is 5.01. The van der Waals surface area contributed by atoms with Crippen LogP contribution in [0.2, 0.25) is 5.02 Å². The number of halogens is 1. The SMILES string of the molecule is CC(=O)c1cccc(NC(=O)C(C)NC(=O)N2CCN(c3cccc(Cl)c3)CC2)c1. The topological polar surface area (TPSA) is 81.8 Å². The van der Waals surface area contributed by atoms with E-state index in [2.05, 4.69) is 15.5 Å². The molecule has 1 unspecified atom stereocenters. The fraction of sp³-hybridized carbons (Fsp3) is 0.318. The third kappa shape index (κ3) is 5.51. The van der Waals surface area contributed by atoms with Crippen LogP contribution >= 0.6 is 11.6 Å². The Morgan fingerprint density at radius 3 is 2.37 bits per heavy atom. The Balaban J connectivity index is 1.50. The van der Waals surface area contributed by atoms with Crippen LogP contribution in [0.5, 0.6) is 0 Å². The van der Waals surface area contributed by atoms with Gasteiger partial charge in [-0.25, -0.2) is 4.79 Å². The Hall–Kier alpha value is -3.06. The minimum atomic E-state index is -0.718. The predicted octanol–water partition coefficient (Wildman–Crippen LogP) is 3.40. The summed E-state index contributed by atoms with van der Waals surface area (Å²) in [5, 5.41) is 6.15. The highest BCUT2D eigenvalue weighted by Gasteiger charge is 2.24. The van der Waals surface area contributed by atoms with Crippen LogP contribution in [0.25, 0.3) is 0 Å². The molecule has 2 N–H and O–H groups in total. The van der Waals surface area contributed by atoms with Gasteiger partial charge in [0.05, 0.1) is 0 Å². The van der Waals surface area contributed by atoms with Gasteiger partial charge < -0.3 is 20.4 Å². The van der Waals surface area contributed by atoms with E-state index in [1.165, 1.54) is 6.92 Å². The number of hydrogen-bond donors (Lipinski definition) is 2. The maximum Gasteiger partial charge on any atom is 0.318 e. The molecule has 0 spiro atoms. The largest absolute Gasteiger partial charge is 0.368 e. The van der Waals surface area contributed by atoms with Crippen molar-refractivity contribution in [3.63, 3.8) is 0 Å². The van der Waals surface area contributed by atoms with E-state index in [1.54, 1.807) is 36.1 Å². The van der Waals surface area contributed by atoms with Crippen molar-refractivity contribution in [2.45, 2.75) is 19.9 Å². The lowest BCUT2D eigenvalue weighted by atomic mass is 10.1. The van der Waals surface area contributed by atoms with Gasteiger partial charge >= 0.3 is 6.03 Å². The first-order chi connectivity index (χ1) is 14.3. The number of amides is 3. The lowest BCUT2D eigenvalue weighted by Crippen LogP contribution is -2.54. The Morgan fingerprint density at radius 1 is 1.00 bits per heavy atom. The smallest absolute Gasteiger partial charge is 0.318 e. The molecule has 1 aliphatic rings. The second-order valence-corrected chi connectivity index (χ2v) is 7.69. The molecule has 0 radical (unpaired) electrons. The number of benzene rings is 2. The van der Waals surface area contributed by atoms with Gasteiger partial charge in [-0.05, 0) is 44.2 Å². The highest BCUT2D eigenvalue weighted by Crippen LogP contribution is 2.20. The van der Waals surface area contributed by atoms with Crippen LogP contribution in [0.15, 0.2) is 48.5 Å². The summed E-state index contributed by atoms with van der Waals surface area (Å²) in [6.07, 6.45) is 0. The van der Waals surface area contributed by atoms with Crippen LogP contribution in [0.1, 0.15) is 24.2 Å². The van der Waals surface area contributed by atoms with Gasteiger partial charge in [-0.2, -0.15) is 0 Å². The summed E-state index contributed by atoms with van der Waals surface area (Å²) in [7, 11) is 0. The fourth-order valence-corrected chi connectivity index (χ4v) is 3.43. The van der Waals surface area contributed by atoms with Gasteiger partial charge in [0, 0.05) is 48.1 Å². The number of hydrogen-bond acceptors (Lipinski definition) is 4. The van der Waals surface area contributed by atoms with Gasteiger partial charge in [0.15, 0.2) is 5.78 Å². The molecule has 1 fully saturated rings. The minimum Gasteiger partial charge on any atom is -0.368 e. The Kier molecular flexibility index (Phi) is 6.95. The van der Waals surface area contributed by atoms with E-state index in [-0.39, 0.29) is 17.7 Å². The fourth-order valence-electron chi connectivity index (χ4n) is 3.25. The molecule has 1 heterocycles. The molecule has 7 nitrogen and oxygen atoms in total. The van der Waals surface area contributed by atoms with Crippen molar-refractivity contribution >= 4 is 40.7 Å². The van der Waals surface area contributed by atoms with Gasteiger partial charge in [-0.1, -0.05) is 29.8 Å². The number of carbonyl (C=O) groups excluding carboxylic acids is 3. The summed E-state index contributed by atoms with van der Waals surface area (Å²) >= 11 is 6.06. The molecule has 0 saturated carbocycles. The average Bonchev–Trinajstić information content (AvgIpc) is 2.74. The van der Waals surface area contributed by atoms with Crippen molar-refractivity contribution in [2.24, 2.45) is 0 Å². The van der Waals surface area contributed by atoms with Gasteiger partial charge in [0.1, 0.15) is 6.04 Å². The first-order valence-corrected chi connectivity index (χ1v) is 10.2. The van der Waals surface area contributed by atoms with Crippen LogP contribution in [0.4, 0.5) is 16.2 Å². The highest BCUT2D eigenvalue weighted by molar-refractivity contribution is 6.30. The van der Waals surface area contributed by atoms with Crippen LogP contribution in [0.3, 0.4) is 0 Å². The van der Waals surface area contributed by atoms with E-state index in [9.17, 15) is 14.4 Å². The maximum absolute atomic E-state index is 12.6. The number of rotatable bonds is 5. The predicted molar refractivity (Wildman–Crippen MR) is 118 cm³/mol. The van der Waals surface area contributed by atoms with Crippen LogP contribution in [-0.4, -0.2) is 54.8 Å². The number of ketones is 1. The Morgan fingerprint density at radius 2 is 1.70 bits per heavy atom. The second kappa shape index (κ2) is 9.63. The van der Waals surface area contributed by atoms with Crippen LogP contribution in [-0.2, 0) is 4.79 Å². The molecule has 1 aliphatic heterocycles. The molecule has 158 valence electrons. The van der Waals surface area contributed by atoms with Gasteiger partial charge in [-0.15, -0.1) is 0 Å². The van der Waals surface area contributed by atoms with Crippen molar-refractivity contribution in [1.82, 2.24) is 10.2 Å². The van der Waals surface area contributed by atoms with Crippen LogP contribution < -0.4 is 15.5 Å². The number of piperazine rings is 1. The van der Waals surface area contributed by atoms with E-state index in [0.29, 0.717) is 42.5 Å². The summed E-state index contributed by atoms with van der Waals surface area (Å²) < 4.78 is 0. The molecular weight excluding hydrogens is 404 g/mol. The average molecular weight is 429 g/mol. The molecule has 0 aromatic heterocycles. The zero-order valence-corrected chi connectivity index (χ0v) is 17.8. The lowest BCUT2D eigenvalue weighted by Gasteiger charge is -2.36. The van der Waals surface area contributed by atoms with E-state index in [4.69, 9.17) is 11.6 Å². The van der Waals surface area contributed by atoms with Crippen molar-refractivity contribution < 1.29 is 14.4 Å².